The first-order valence-corrected chi connectivity index (χ1v) is 3.71. The molecule has 1 rings (SSSR count). The van der Waals surface area contributed by atoms with E-state index in [0.29, 0.717) is 12.5 Å². The van der Waals surface area contributed by atoms with Crippen LogP contribution in [0.1, 0.15) is 19.3 Å². The summed E-state index contributed by atoms with van der Waals surface area (Å²) in [6.45, 7) is 4.49. The van der Waals surface area contributed by atoms with Gasteiger partial charge < -0.3 is 5.32 Å². The van der Waals surface area contributed by atoms with Crippen LogP contribution in [0.4, 0.5) is 0 Å². The highest BCUT2D eigenvalue weighted by molar-refractivity contribution is 5.89. The zero-order valence-electron chi connectivity index (χ0n) is 6.10. The van der Waals surface area contributed by atoms with Crippen molar-refractivity contribution in [2.75, 3.05) is 6.54 Å². The monoisotopic (exact) mass is 139 g/mol. The van der Waals surface area contributed by atoms with Gasteiger partial charge in [0.1, 0.15) is 0 Å². The van der Waals surface area contributed by atoms with E-state index in [-0.39, 0.29) is 5.78 Å². The lowest BCUT2D eigenvalue weighted by molar-refractivity contribution is -0.115. The van der Waals surface area contributed by atoms with Gasteiger partial charge >= 0.3 is 0 Å². The van der Waals surface area contributed by atoms with E-state index in [1.54, 1.807) is 0 Å². The molecule has 2 heteroatoms. The molecule has 0 aromatic heterocycles. The Morgan fingerprint density at radius 1 is 1.80 bits per heavy atom. The minimum atomic E-state index is 0.152. The second-order valence-electron chi connectivity index (χ2n) is 2.67. The van der Waals surface area contributed by atoms with Crippen molar-refractivity contribution in [3.05, 3.63) is 12.7 Å². The van der Waals surface area contributed by atoms with Crippen LogP contribution in [-0.2, 0) is 4.79 Å². The molecule has 0 amide bonds. The predicted molar refractivity (Wildman–Crippen MR) is 40.8 cm³/mol. The molecule has 1 atom stereocenters. The lowest BCUT2D eigenvalue weighted by atomic mass is 10.1. The van der Waals surface area contributed by atoms with Crippen LogP contribution >= 0.6 is 0 Å². The quantitative estimate of drug-likeness (QED) is 0.588. The van der Waals surface area contributed by atoms with Crippen molar-refractivity contribution in [2.45, 2.75) is 25.3 Å². The molecule has 2 nitrogen and oxygen atoms in total. The van der Waals surface area contributed by atoms with E-state index in [2.05, 4.69) is 11.9 Å². The molecular formula is C8H13NO. The summed E-state index contributed by atoms with van der Waals surface area (Å²) >= 11 is 0. The summed E-state index contributed by atoms with van der Waals surface area (Å²) in [4.78, 5) is 10.8. The van der Waals surface area contributed by atoms with Gasteiger partial charge in [0, 0.05) is 12.5 Å². The largest absolute Gasteiger partial charge is 0.314 e. The summed E-state index contributed by atoms with van der Waals surface area (Å²) < 4.78 is 0. The van der Waals surface area contributed by atoms with Crippen LogP contribution in [0, 0.1) is 0 Å². The van der Waals surface area contributed by atoms with Gasteiger partial charge in [-0.3, -0.25) is 4.79 Å². The number of rotatable bonds is 3. The summed E-state index contributed by atoms with van der Waals surface area (Å²) in [6.07, 6.45) is 4.37. The molecule has 56 valence electrons. The molecule has 1 aliphatic rings. The third-order valence-electron chi connectivity index (χ3n) is 1.84. The molecule has 0 saturated carbocycles. The molecule has 0 aromatic carbocycles. The predicted octanol–water partition coefficient (Wildman–Crippen LogP) is 0.884. The zero-order chi connectivity index (χ0) is 7.40. The standard InChI is InChI=1S/C8H13NO/c1-2-8(10)6-7-4-3-5-9-7/h2,7,9H,1,3-6H2. The first kappa shape index (κ1) is 7.48. The molecule has 1 N–H and O–H groups in total. The van der Waals surface area contributed by atoms with Gasteiger partial charge in [0.2, 0.25) is 0 Å². The lowest BCUT2D eigenvalue weighted by Crippen LogP contribution is -2.23. The Morgan fingerprint density at radius 3 is 3.10 bits per heavy atom. The third kappa shape index (κ3) is 1.95. The average Bonchev–Trinajstić information content (AvgIpc) is 2.40. The molecule has 1 saturated heterocycles. The second kappa shape index (κ2) is 3.52. The number of carbonyl (C=O) groups is 1. The van der Waals surface area contributed by atoms with Crippen LogP contribution in [0.25, 0.3) is 0 Å². The first-order chi connectivity index (χ1) is 4.83. The molecule has 1 aliphatic heterocycles. The molecular weight excluding hydrogens is 126 g/mol. The molecule has 0 radical (unpaired) electrons. The molecule has 10 heavy (non-hydrogen) atoms. The van der Waals surface area contributed by atoms with Crippen molar-refractivity contribution in [1.29, 1.82) is 0 Å². The van der Waals surface area contributed by atoms with Crippen LogP contribution in [0.3, 0.4) is 0 Å². The Morgan fingerprint density at radius 2 is 2.60 bits per heavy atom. The van der Waals surface area contributed by atoms with Crippen molar-refractivity contribution >= 4 is 5.78 Å². The molecule has 0 aliphatic carbocycles. The van der Waals surface area contributed by atoms with Gasteiger partial charge in [-0.1, -0.05) is 6.58 Å². The van der Waals surface area contributed by atoms with Crippen molar-refractivity contribution in [3.63, 3.8) is 0 Å². The normalized spacial score (nSPS) is 24.6. The maximum atomic E-state index is 10.8. The Kier molecular flexibility index (Phi) is 2.63. The summed E-state index contributed by atoms with van der Waals surface area (Å²) in [5.74, 6) is 0.152. The van der Waals surface area contributed by atoms with Gasteiger partial charge in [-0.25, -0.2) is 0 Å². The van der Waals surface area contributed by atoms with E-state index >= 15 is 0 Å². The van der Waals surface area contributed by atoms with E-state index in [4.69, 9.17) is 0 Å². The fourth-order valence-corrected chi connectivity index (χ4v) is 1.26. The molecule has 0 bridgehead atoms. The van der Waals surface area contributed by atoms with Crippen LogP contribution in [-0.4, -0.2) is 18.4 Å². The fourth-order valence-electron chi connectivity index (χ4n) is 1.26. The average molecular weight is 139 g/mol. The van der Waals surface area contributed by atoms with Gasteiger partial charge in [-0.05, 0) is 25.5 Å². The van der Waals surface area contributed by atoms with Crippen molar-refractivity contribution in [2.24, 2.45) is 0 Å². The maximum absolute atomic E-state index is 10.8. The smallest absolute Gasteiger partial charge is 0.156 e. The molecule has 1 fully saturated rings. The minimum Gasteiger partial charge on any atom is -0.314 e. The Labute approximate surface area is 61.3 Å². The number of hydrogen-bond donors (Lipinski definition) is 1. The molecule has 1 unspecified atom stereocenters. The molecule has 0 spiro atoms. The van der Waals surface area contributed by atoms with E-state index in [0.717, 1.165) is 13.0 Å². The topological polar surface area (TPSA) is 29.1 Å². The van der Waals surface area contributed by atoms with Crippen LogP contribution in [0.2, 0.25) is 0 Å². The highest BCUT2D eigenvalue weighted by Gasteiger charge is 2.15. The third-order valence-corrected chi connectivity index (χ3v) is 1.84. The van der Waals surface area contributed by atoms with Crippen molar-refractivity contribution in [3.8, 4) is 0 Å². The zero-order valence-corrected chi connectivity index (χ0v) is 6.10. The van der Waals surface area contributed by atoms with E-state index in [1.165, 1.54) is 12.5 Å². The summed E-state index contributed by atoms with van der Waals surface area (Å²) in [6, 6.07) is 0.422. The summed E-state index contributed by atoms with van der Waals surface area (Å²) in [7, 11) is 0. The highest BCUT2D eigenvalue weighted by Crippen LogP contribution is 2.08. The van der Waals surface area contributed by atoms with E-state index in [9.17, 15) is 4.79 Å². The van der Waals surface area contributed by atoms with Gasteiger partial charge in [-0.2, -0.15) is 0 Å². The van der Waals surface area contributed by atoms with Gasteiger partial charge in [0.15, 0.2) is 5.78 Å². The summed E-state index contributed by atoms with van der Waals surface area (Å²) in [5.41, 5.74) is 0. The lowest BCUT2D eigenvalue weighted by Gasteiger charge is -2.05. The fraction of sp³-hybridized carbons (Fsp3) is 0.625. The van der Waals surface area contributed by atoms with Gasteiger partial charge in [0.25, 0.3) is 0 Å². The Hall–Kier alpha value is -0.630. The number of allylic oxidation sites excluding steroid dienone is 1. The first-order valence-electron chi connectivity index (χ1n) is 3.71. The van der Waals surface area contributed by atoms with E-state index < -0.39 is 0 Å². The second-order valence-corrected chi connectivity index (χ2v) is 2.67. The molecule has 0 aromatic rings. The number of nitrogens with one attached hydrogen (secondary N) is 1. The SMILES string of the molecule is C=CC(=O)CC1CCCN1. The van der Waals surface area contributed by atoms with Gasteiger partial charge in [0.05, 0.1) is 0 Å². The Balaban J connectivity index is 2.23. The van der Waals surface area contributed by atoms with Crippen molar-refractivity contribution in [1.82, 2.24) is 5.32 Å². The highest BCUT2D eigenvalue weighted by atomic mass is 16.1. The number of carbonyl (C=O) groups excluding carboxylic acids is 1. The summed E-state index contributed by atoms with van der Waals surface area (Å²) in [5, 5.41) is 3.25. The minimum absolute atomic E-state index is 0.152. The van der Waals surface area contributed by atoms with Crippen LogP contribution < -0.4 is 5.32 Å². The van der Waals surface area contributed by atoms with Crippen molar-refractivity contribution < 1.29 is 4.79 Å². The number of hydrogen-bond acceptors (Lipinski definition) is 2. The Bertz CT molecular complexity index is 136. The maximum Gasteiger partial charge on any atom is 0.156 e. The number of ketones is 1. The molecule has 1 heterocycles. The van der Waals surface area contributed by atoms with Crippen LogP contribution in [0.15, 0.2) is 12.7 Å². The van der Waals surface area contributed by atoms with E-state index in [1.807, 2.05) is 0 Å². The van der Waals surface area contributed by atoms with Crippen LogP contribution in [0.5, 0.6) is 0 Å². The van der Waals surface area contributed by atoms with Gasteiger partial charge in [-0.15, -0.1) is 0 Å².